The van der Waals surface area contributed by atoms with Gasteiger partial charge in [-0.15, -0.1) is 0 Å². The van der Waals surface area contributed by atoms with Gasteiger partial charge in [-0.05, 0) is 6.07 Å². The molecule has 0 bridgehead atoms. The van der Waals surface area contributed by atoms with Gasteiger partial charge in [-0.3, -0.25) is 14.6 Å². The van der Waals surface area contributed by atoms with Crippen LogP contribution in [0.25, 0.3) is 0 Å². The smallest absolute Gasteiger partial charge is 0.254 e. The highest BCUT2D eigenvalue weighted by Crippen LogP contribution is 1.96. The minimum absolute atomic E-state index is 0.158. The van der Waals surface area contributed by atoms with Crippen molar-refractivity contribution < 1.29 is 4.79 Å². The van der Waals surface area contributed by atoms with Gasteiger partial charge in [0, 0.05) is 19.4 Å². The third kappa shape index (κ3) is 2.22. The third-order valence-corrected chi connectivity index (χ3v) is 1.96. The lowest BCUT2D eigenvalue weighted by molar-refractivity contribution is 0.0950. The second-order valence-electron chi connectivity index (χ2n) is 3.15. The molecule has 2 aromatic heterocycles. The first kappa shape index (κ1) is 9.45. The van der Waals surface area contributed by atoms with E-state index in [9.17, 15) is 4.79 Å². The lowest BCUT2D eigenvalue weighted by atomic mass is 10.3. The monoisotopic (exact) mass is 205 g/mol. The highest BCUT2D eigenvalue weighted by Gasteiger charge is 2.06. The molecular weight excluding hydrogens is 194 g/mol. The van der Waals surface area contributed by atoms with E-state index in [4.69, 9.17) is 0 Å². The van der Waals surface area contributed by atoms with Gasteiger partial charge < -0.3 is 5.32 Å². The predicted octanol–water partition coefficient (Wildman–Crippen LogP) is 0.0732. The van der Waals surface area contributed by atoms with Gasteiger partial charge in [0.25, 0.3) is 5.91 Å². The Kier molecular flexibility index (Phi) is 2.49. The molecule has 2 rings (SSSR count). The molecule has 6 nitrogen and oxygen atoms in total. The fourth-order valence-corrected chi connectivity index (χ4v) is 1.21. The molecule has 0 fully saturated rings. The number of hydrogen-bond donors (Lipinski definition) is 2. The standard InChI is InChI=1S/C9H11N5O/c1-14-3-2-8(13-14)6-10-9(15)7-4-11-12-5-7/h2-5H,6H2,1H3,(H,10,15)(H,11,12). The van der Waals surface area contributed by atoms with Crippen molar-refractivity contribution in [2.75, 3.05) is 0 Å². The van der Waals surface area contributed by atoms with Gasteiger partial charge in [0.2, 0.25) is 0 Å². The van der Waals surface area contributed by atoms with Crippen LogP contribution < -0.4 is 5.32 Å². The van der Waals surface area contributed by atoms with Crippen LogP contribution >= 0.6 is 0 Å². The number of aryl methyl sites for hydroxylation is 1. The van der Waals surface area contributed by atoms with Crippen molar-refractivity contribution in [1.82, 2.24) is 25.3 Å². The zero-order valence-corrected chi connectivity index (χ0v) is 8.27. The number of amides is 1. The molecular formula is C9H11N5O. The van der Waals surface area contributed by atoms with E-state index in [1.807, 2.05) is 19.3 Å². The van der Waals surface area contributed by atoms with E-state index in [1.165, 1.54) is 6.20 Å². The van der Waals surface area contributed by atoms with E-state index in [2.05, 4.69) is 20.6 Å². The summed E-state index contributed by atoms with van der Waals surface area (Å²) in [5.74, 6) is -0.158. The van der Waals surface area contributed by atoms with Crippen LogP contribution in [0, 0.1) is 0 Å². The Labute approximate surface area is 86.3 Å². The van der Waals surface area contributed by atoms with Crippen molar-refractivity contribution in [3.63, 3.8) is 0 Å². The zero-order chi connectivity index (χ0) is 10.7. The lowest BCUT2D eigenvalue weighted by Crippen LogP contribution is -2.22. The van der Waals surface area contributed by atoms with Crippen LogP contribution in [0.5, 0.6) is 0 Å². The van der Waals surface area contributed by atoms with E-state index in [0.717, 1.165) is 5.69 Å². The van der Waals surface area contributed by atoms with Gasteiger partial charge in [-0.2, -0.15) is 10.2 Å². The minimum atomic E-state index is -0.158. The predicted molar refractivity (Wildman–Crippen MR) is 53.0 cm³/mol. The number of carbonyl (C=O) groups is 1. The molecule has 0 aliphatic heterocycles. The molecule has 15 heavy (non-hydrogen) atoms. The normalized spacial score (nSPS) is 10.2. The molecule has 2 N–H and O–H groups in total. The Bertz CT molecular complexity index is 445. The molecule has 2 heterocycles. The number of aromatic amines is 1. The fourth-order valence-electron chi connectivity index (χ4n) is 1.21. The van der Waals surface area contributed by atoms with Crippen molar-refractivity contribution in [3.05, 3.63) is 35.9 Å². The Balaban J connectivity index is 1.91. The van der Waals surface area contributed by atoms with Gasteiger partial charge >= 0.3 is 0 Å². The average Bonchev–Trinajstić information content (AvgIpc) is 2.84. The molecule has 0 unspecified atom stereocenters. The van der Waals surface area contributed by atoms with E-state index in [1.54, 1.807) is 10.9 Å². The first-order chi connectivity index (χ1) is 7.25. The summed E-state index contributed by atoms with van der Waals surface area (Å²) < 4.78 is 1.69. The molecule has 2 aromatic rings. The summed E-state index contributed by atoms with van der Waals surface area (Å²) in [7, 11) is 1.83. The second kappa shape index (κ2) is 3.95. The zero-order valence-electron chi connectivity index (χ0n) is 8.27. The lowest BCUT2D eigenvalue weighted by Gasteiger charge is -1.99. The van der Waals surface area contributed by atoms with Crippen molar-refractivity contribution in [2.24, 2.45) is 7.05 Å². The maximum absolute atomic E-state index is 11.5. The second-order valence-corrected chi connectivity index (χ2v) is 3.15. The molecule has 0 radical (unpaired) electrons. The van der Waals surface area contributed by atoms with Gasteiger partial charge in [-0.25, -0.2) is 0 Å². The molecule has 1 amide bonds. The number of aromatic nitrogens is 4. The molecule has 0 saturated carbocycles. The summed E-state index contributed by atoms with van der Waals surface area (Å²) in [6.07, 6.45) is 4.86. The summed E-state index contributed by atoms with van der Waals surface area (Å²) in [6.45, 7) is 0.421. The highest BCUT2D eigenvalue weighted by atomic mass is 16.1. The molecule has 0 aliphatic carbocycles. The van der Waals surface area contributed by atoms with Crippen LogP contribution in [0.2, 0.25) is 0 Å². The summed E-state index contributed by atoms with van der Waals surface area (Å²) in [5.41, 5.74) is 1.35. The number of nitrogens with zero attached hydrogens (tertiary/aromatic N) is 3. The largest absolute Gasteiger partial charge is 0.346 e. The quantitative estimate of drug-likeness (QED) is 0.744. The van der Waals surface area contributed by atoms with Crippen molar-refractivity contribution in [2.45, 2.75) is 6.54 Å². The van der Waals surface area contributed by atoms with Crippen LogP contribution in [-0.4, -0.2) is 25.9 Å². The molecule has 0 spiro atoms. The topological polar surface area (TPSA) is 75.6 Å². The Hall–Kier alpha value is -2.11. The minimum Gasteiger partial charge on any atom is -0.346 e. The SMILES string of the molecule is Cn1ccc(CNC(=O)c2cn[nH]c2)n1. The Morgan fingerprint density at radius 2 is 2.53 bits per heavy atom. The molecule has 0 aliphatic rings. The molecule has 0 saturated heterocycles. The fraction of sp³-hybridized carbons (Fsp3) is 0.222. The van der Waals surface area contributed by atoms with Gasteiger partial charge in [-0.1, -0.05) is 0 Å². The Morgan fingerprint density at radius 3 is 3.13 bits per heavy atom. The number of rotatable bonds is 3. The summed E-state index contributed by atoms with van der Waals surface area (Å²) in [6, 6.07) is 1.86. The summed E-state index contributed by atoms with van der Waals surface area (Å²) in [5, 5.41) is 13.2. The van der Waals surface area contributed by atoms with Crippen LogP contribution in [0.3, 0.4) is 0 Å². The number of carbonyl (C=O) groups excluding carboxylic acids is 1. The Morgan fingerprint density at radius 1 is 1.67 bits per heavy atom. The van der Waals surface area contributed by atoms with Gasteiger partial charge in [0.15, 0.2) is 0 Å². The number of nitrogens with one attached hydrogen (secondary N) is 2. The van der Waals surface area contributed by atoms with Crippen LogP contribution in [0.1, 0.15) is 16.1 Å². The van der Waals surface area contributed by atoms with E-state index < -0.39 is 0 Å². The van der Waals surface area contributed by atoms with Gasteiger partial charge in [0.1, 0.15) is 0 Å². The van der Waals surface area contributed by atoms with Crippen molar-refractivity contribution in [3.8, 4) is 0 Å². The van der Waals surface area contributed by atoms with Crippen LogP contribution in [0.15, 0.2) is 24.7 Å². The molecule has 6 heteroatoms. The average molecular weight is 205 g/mol. The first-order valence-corrected chi connectivity index (χ1v) is 4.51. The maximum atomic E-state index is 11.5. The molecule has 78 valence electrons. The first-order valence-electron chi connectivity index (χ1n) is 4.51. The van der Waals surface area contributed by atoms with Crippen molar-refractivity contribution in [1.29, 1.82) is 0 Å². The van der Waals surface area contributed by atoms with E-state index in [0.29, 0.717) is 12.1 Å². The number of H-pyrrole nitrogens is 1. The summed E-state index contributed by atoms with van der Waals surface area (Å²) >= 11 is 0. The summed E-state index contributed by atoms with van der Waals surface area (Å²) in [4.78, 5) is 11.5. The van der Waals surface area contributed by atoms with E-state index >= 15 is 0 Å². The molecule has 0 aromatic carbocycles. The van der Waals surface area contributed by atoms with Gasteiger partial charge in [0.05, 0.1) is 24.0 Å². The third-order valence-electron chi connectivity index (χ3n) is 1.96. The number of hydrogen-bond acceptors (Lipinski definition) is 3. The van der Waals surface area contributed by atoms with Crippen LogP contribution in [-0.2, 0) is 13.6 Å². The highest BCUT2D eigenvalue weighted by molar-refractivity contribution is 5.93. The molecule has 0 atom stereocenters. The van der Waals surface area contributed by atoms with Crippen molar-refractivity contribution >= 4 is 5.91 Å². The van der Waals surface area contributed by atoms with Crippen LogP contribution in [0.4, 0.5) is 0 Å². The van der Waals surface area contributed by atoms with E-state index in [-0.39, 0.29) is 5.91 Å². The maximum Gasteiger partial charge on any atom is 0.254 e.